The van der Waals surface area contributed by atoms with Crippen LogP contribution in [-0.2, 0) is 0 Å². The molecule has 0 heteroatoms. The van der Waals surface area contributed by atoms with Crippen LogP contribution in [0.2, 0.25) is 0 Å². The van der Waals surface area contributed by atoms with E-state index in [1.807, 2.05) is 6.08 Å². The summed E-state index contributed by atoms with van der Waals surface area (Å²) in [7, 11) is 0. The molecule has 0 aromatic carbocycles. The summed E-state index contributed by atoms with van der Waals surface area (Å²) < 4.78 is 0. The summed E-state index contributed by atoms with van der Waals surface area (Å²) >= 11 is 0. The van der Waals surface area contributed by atoms with Crippen LogP contribution in [0, 0.1) is 6.08 Å². The van der Waals surface area contributed by atoms with Crippen LogP contribution in [0.15, 0.2) is 30.4 Å². The molecule has 1 aliphatic carbocycles. The highest BCUT2D eigenvalue weighted by molar-refractivity contribution is 5.03. The van der Waals surface area contributed by atoms with E-state index in [-0.39, 0.29) is 0 Å². The summed E-state index contributed by atoms with van der Waals surface area (Å²) in [6, 6.07) is 0. The van der Waals surface area contributed by atoms with Crippen molar-refractivity contribution in [1.82, 2.24) is 0 Å². The Morgan fingerprint density at radius 1 is 1.00 bits per heavy atom. The van der Waals surface area contributed by atoms with Gasteiger partial charge in [-0.25, -0.2) is 0 Å². The molecular weight excluding hydrogens is 108 g/mol. The summed E-state index contributed by atoms with van der Waals surface area (Å²) in [6.07, 6.45) is 17.0. The van der Waals surface area contributed by atoms with Crippen LogP contribution in [0.4, 0.5) is 0 Å². The molecule has 1 aliphatic rings. The van der Waals surface area contributed by atoms with E-state index >= 15 is 0 Å². The lowest BCUT2D eigenvalue weighted by molar-refractivity contribution is 1.05. The smallest absolute Gasteiger partial charge is 0.00946 e. The van der Waals surface area contributed by atoms with Gasteiger partial charge in [0.2, 0.25) is 0 Å². The van der Waals surface area contributed by atoms with Gasteiger partial charge in [0.05, 0.1) is 0 Å². The predicted molar refractivity (Wildman–Crippen MR) is 39.9 cm³/mol. The van der Waals surface area contributed by atoms with Gasteiger partial charge in [0.25, 0.3) is 0 Å². The summed E-state index contributed by atoms with van der Waals surface area (Å²) in [6.45, 7) is 0. The molecular formula is C9H11. The molecule has 0 aromatic heterocycles. The monoisotopic (exact) mass is 119 g/mol. The maximum absolute atomic E-state index is 3.13. The third-order valence-electron chi connectivity index (χ3n) is 1.25. The molecule has 47 valence electrons. The van der Waals surface area contributed by atoms with E-state index in [0.29, 0.717) is 0 Å². The average Bonchev–Trinajstić information content (AvgIpc) is 2.00. The lowest BCUT2D eigenvalue weighted by Gasteiger charge is -1.81. The van der Waals surface area contributed by atoms with Gasteiger partial charge >= 0.3 is 0 Å². The first-order valence-electron chi connectivity index (χ1n) is 3.37. The minimum atomic E-state index is 0.963. The molecule has 0 unspecified atom stereocenters. The van der Waals surface area contributed by atoms with Gasteiger partial charge in [-0.15, -0.1) is 0 Å². The van der Waals surface area contributed by atoms with E-state index in [2.05, 4.69) is 30.4 Å². The first-order valence-corrected chi connectivity index (χ1v) is 3.37. The number of hydrogen-bond acceptors (Lipinski definition) is 0. The first kappa shape index (κ1) is 6.34. The van der Waals surface area contributed by atoms with Crippen LogP contribution in [0.1, 0.15) is 19.3 Å². The quantitative estimate of drug-likeness (QED) is 0.430. The molecule has 0 saturated heterocycles. The highest BCUT2D eigenvalue weighted by atomic mass is 13.8. The predicted octanol–water partition coefficient (Wildman–Crippen LogP) is 2.64. The third kappa shape index (κ3) is 2.91. The van der Waals surface area contributed by atoms with E-state index in [9.17, 15) is 0 Å². The molecule has 1 rings (SSSR count). The minimum Gasteiger partial charge on any atom is -0.0879 e. The topological polar surface area (TPSA) is 0 Å². The second-order valence-corrected chi connectivity index (χ2v) is 2.05. The zero-order valence-electron chi connectivity index (χ0n) is 5.51. The Bertz CT molecular complexity index is 138. The van der Waals surface area contributed by atoms with Crippen molar-refractivity contribution < 1.29 is 0 Å². The molecule has 0 amide bonds. The van der Waals surface area contributed by atoms with Gasteiger partial charge in [0, 0.05) is 0 Å². The van der Waals surface area contributed by atoms with Crippen LogP contribution < -0.4 is 0 Å². The fraction of sp³-hybridized carbons (Fsp3) is 0.333. The maximum Gasteiger partial charge on any atom is -0.00946 e. The molecule has 0 atom stereocenters. The molecule has 0 fully saturated rings. The second kappa shape index (κ2) is 4.13. The molecule has 0 aromatic rings. The lowest BCUT2D eigenvalue weighted by Crippen LogP contribution is -1.61. The molecule has 0 aliphatic heterocycles. The standard InChI is InChI=1S/C9H11/c1-2-4-6-8-9-7-5-3-1/h1-3,8-9H,4,6-7H2/b2-1-,5-3?,9-8+. The van der Waals surface area contributed by atoms with Gasteiger partial charge in [-0.1, -0.05) is 30.4 Å². The van der Waals surface area contributed by atoms with Gasteiger partial charge < -0.3 is 0 Å². The molecule has 0 heterocycles. The molecule has 1 radical (unpaired) electrons. The van der Waals surface area contributed by atoms with Gasteiger partial charge in [0.1, 0.15) is 0 Å². The Balaban J connectivity index is 2.43. The average molecular weight is 119 g/mol. The van der Waals surface area contributed by atoms with Crippen molar-refractivity contribution in [2.45, 2.75) is 19.3 Å². The van der Waals surface area contributed by atoms with Crippen LogP contribution in [0.5, 0.6) is 0 Å². The molecule has 0 nitrogen and oxygen atoms in total. The van der Waals surface area contributed by atoms with E-state index in [1.165, 1.54) is 6.42 Å². The van der Waals surface area contributed by atoms with Crippen LogP contribution >= 0.6 is 0 Å². The minimum absolute atomic E-state index is 0.963. The first-order chi connectivity index (χ1) is 4.50. The molecule has 0 saturated carbocycles. The number of rotatable bonds is 0. The number of hydrogen-bond donors (Lipinski definition) is 0. The van der Waals surface area contributed by atoms with Crippen LogP contribution in [0.25, 0.3) is 0 Å². The molecule has 9 heavy (non-hydrogen) atoms. The Labute approximate surface area is 56.6 Å². The molecule has 0 N–H and O–H groups in total. The normalized spacial score (nSPS) is 29.3. The Morgan fingerprint density at radius 3 is 2.89 bits per heavy atom. The van der Waals surface area contributed by atoms with Crippen molar-refractivity contribution in [1.29, 1.82) is 0 Å². The largest absolute Gasteiger partial charge is 0.0879 e. The molecule has 0 bridgehead atoms. The fourth-order valence-corrected chi connectivity index (χ4v) is 0.762. The van der Waals surface area contributed by atoms with Crippen molar-refractivity contribution in [3.63, 3.8) is 0 Å². The Morgan fingerprint density at radius 2 is 1.89 bits per heavy atom. The maximum atomic E-state index is 3.13. The summed E-state index contributed by atoms with van der Waals surface area (Å²) in [4.78, 5) is 0. The van der Waals surface area contributed by atoms with Crippen molar-refractivity contribution in [2.75, 3.05) is 0 Å². The van der Waals surface area contributed by atoms with Gasteiger partial charge in [-0.2, -0.15) is 0 Å². The number of allylic oxidation sites excluding steroid dienone is 6. The summed E-state index contributed by atoms with van der Waals surface area (Å²) in [5, 5.41) is 0. The van der Waals surface area contributed by atoms with E-state index < -0.39 is 0 Å². The van der Waals surface area contributed by atoms with Gasteiger partial charge in [0.15, 0.2) is 0 Å². The van der Waals surface area contributed by atoms with Crippen molar-refractivity contribution in [2.24, 2.45) is 0 Å². The zero-order valence-corrected chi connectivity index (χ0v) is 5.51. The second-order valence-electron chi connectivity index (χ2n) is 2.05. The van der Waals surface area contributed by atoms with E-state index in [1.54, 1.807) is 0 Å². The highest BCUT2D eigenvalue weighted by Crippen LogP contribution is 1.97. The SMILES string of the molecule is [C]1=C/C=C\CC/C=C/C/1. The zero-order chi connectivity index (χ0) is 6.36. The summed E-state index contributed by atoms with van der Waals surface area (Å²) in [5.41, 5.74) is 0. The van der Waals surface area contributed by atoms with Crippen molar-refractivity contribution >= 4 is 0 Å². The van der Waals surface area contributed by atoms with E-state index in [0.717, 1.165) is 12.8 Å². The summed E-state index contributed by atoms with van der Waals surface area (Å²) in [5.74, 6) is 0. The van der Waals surface area contributed by atoms with Crippen LogP contribution in [0.3, 0.4) is 0 Å². The lowest BCUT2D eigenvalue weighted by atomic mass is 10.3. The van der Waals surface area contributed by atoms with Crippen LogP contribution in [-0.4, -0.2) is 0 Å². The fourth-order valence-electron chi connectivity index (χ4n) is 0.762. The highest BCUT2D eigenvalue weighted by Gasteiger charge is 1.78. The van der Waals surface area contributed by atoms with E-state index in [4.69, 9.17) is 0 Å². The Hall–Kier alpha value is -0.780. The van der Waals surface area contributed by atoms with Gasteiger partial charge in [-0.05, 0) is 25.3 Å². The Kier molecular flexibility index (Phi) is 2.91. The van der Waals surface area contributed by atoms with Crippen molar-refractivity contribution in [3.05, 3.63) is 36.5 Å². The molecule has 0 spiro atoms. The third-order valence-corrected chi connectivity index (χ3v) is 1.25. The van der Waals surface area contributed by atoms with Gasteiger partial charge in [-0.3, -0.25) is 0 Å². The van der Waals surface area contributed by atoms with Crippen molar-refractivity contribution in [3.8, 4) is 0 Å².